The van der Waals surface area contributed by atoms with Crippen molar-refractivity contribution in [2.75, 3.05) is 4.72 Å². The summed E-state index contributed by atoms with van der Waals surface area (Å²) in [6.45, 7) is 1.67. The van der Waals surface area contributed by atoms with Crippen LogP contribution in [0.2, 0.25) is 0 Å². The van der Waals surface area contributed by atoms with E-state index in [1.807, 2.05) is 13.0 Å². The fraction of sp³-hybridized carbons (Fsp3) is 0.167. The molecular formula is C12H12BrNO3S2. The standard InChI is InChI=1S/C12H12BrNO3S2/c1-8-4-9(13)2-3-12(8)14-19(16,17)11-5-10(6-15)18-7-11/h2-5,7,14-15H,6H2,1H3. The first-order valence-corrected chi connectivity index (χ1v) is 8.55. The van der Waals surface area contributed by atoms with Gasteiger partial charge in [-0.1, -0.05) is 15.9 Å². The summed E-state index contributed by atoms with van der Waals surface area (Å²) in [5.41, 5.74) is 1.37. The maximum Gasteiger partial charge on any atom is 0.262 e. The lowest BCUT2D eigenvalue weighted by molar-refractivity contribution is 0.285. The molecule has 0 fully saturated rings. The predicted molar refractivity (Wildman–Crippen MR) is 79.9 cm³/mol. The molecule has 2 aromatic rings. The van der Waals surface area contributed by atoms with Gasteiger partial charge in [0, 0.05) is 14.7 Å². The van der Waals surface area contributed by atoms with Gasteiger partial charge in [-0.2, -0.15) is 0 Å². The summed E-state index contributed by atoms with van der Waals surface area (Å²) in [7, 11) is -3.60. The molecule has 0 saturated heterocycles. The van der Waals surface area contributed by atoms with Gasteiger partial charge < -0.3 is 5.11 Å². The van der Waals surface area contributed by atoms with Gasteiger partial charge in [-0.3, -0.25) is 4.72 Å². The quantitative estimate of drug-likeness (QED) is 0.878. The molecule has 0 bridgehead atoms. The van der Waals surface area contributed by atoms with E-state index in [1.165, 1.54) is 22.8 Å². The average Bonchev–Trinajstić information content (AvgIpc) is 2.82. The molecule has 0 radical (unpaired) electrons. The molecular weight excluding hydrogens is 350 g/mol. The Hall–Kier alpha value is -0.890. The highest BCUT2D eigenvalue weighted by Gasteiger charge is 2.17. The van der Waals surface area contributed by atoms with Gasteiger partial charge in [-0.25, -0.2) is 8.42 Å². The first kappa shape index (κ1) is 14.5. The highest BCUT2D eigenvalue weighted by Crippen LogP contribution is 2.25. The molecule has 102 valence electrons. The lowest BCUT2D eigenvalue weighted by atomic mass is 10.2. The van der Waals surface area contributed by atoms with Gasteiger partial charge in [0.15, 0.2) is 0 Å². The monoisotopic (exact) mass is 361 g/mol. The molecule has 0 aliphatic carbocycles. The number of anilines is 1. The van der Waals surface area contributed by atoms with Gasteiger partial charge in [0.2, 0.25) is 0 Å². The van der Waals surface area contributed by atoms with Crippen molar-refractivity contribution in [3.8, 4) is 0 Å². The van der Waals surface area contributed by atoms with Gasteiger partial charge in [0.25, 0.3) is 10.0 Å². The summed E-state index contributed by atoms with van der Waals surface area (Å²) < 4.78 is 27.8. The normalized spacial score (nSPS) is 11.5. The minimum atomic E-state index is -3.60. The second-order valence-corrected chi connectivity index (χ2v) is 7.57. The van der Waals surface area contributed by atoms with Crippen LogP contribution < -0.4 is 4.72 Å². The highest BCUT2D eigenvalue weighted by atomic mass is 79.9. The second-order valence-electron chi connectivity index (χ2n) is 3.97. The number of rotatable bonds is 4. The van der Waals surface area contributed by atoms with Crippen LogP contribution in [-0.2, 0) is 16.6 Å². The van der Waals surface area contributed by atoms with Crippen LogP contribution >= 0.6 is 27.3 Å². The van der Waals surface area contributed by atoms with Gasteiger partial charge in [0.05, 0.1) is 17.2 Å². The van der Waals surface area contributed by atoms with Gasteiger partial charge in [-0.05, 0) is 36.8 Å². The highest BCUT2D eigenvalue weighted by molar-refractivity contribution is 9.10. The van der Waals surface area contributed by atoms with E-state index in [0.29, 0.717) is 10.6 Å². The van der Waals surface area contributed by atoms with Crippen molar-refractivity contribution in [2.45, 2.75) is 18.4 Å². The van der Waals surface area contributed by atoms with E-state index in [9.17, 15) is 8.42 Å². The molecule has 1 aromatic carbocycles. The number of aryl methyl sites for hydroxylation is 1. The molecule has 0 aliphatic heterocycles. The Balaban J connectivity index is 2.30. The molecule has 2 rings (SSSR count). The molecule has 4 nitrogen and oxygen atoms in total. The van der Waals surface area contributed by atoms with Gasteiger partial charge in [0.1, 0.15) is 0 Å². The molecule has 2 N–H and O–H groups in total. The van der Waals surface area contributed by atoms with Crippen LogP contribution in [0.25, 0.3) is 0 Å². The molecule has 0 saturated carbocycles. The molecule has 1 heterocycles. The third-order valence-electron chi connectivity index (χ3n) is 2.53. The first-order valence-electron chi connectivity index (χ1n) is 5.39. The number of benzene rings is 1. The zero-order valence-corrected chi connectivity index (χ0v) is 13.3. The number of hydrogen-bond acceptors (Lipinski definition) is 4. The van der Waals surface area contributed by atoms with Crippen LogP contribution in [0.5, 0.6) is 0 Å². The third-order valence-corrected chi connectivity index (χ3v) is 5.44. The van der Waals surface area contributed by atoms with E-state index < -0.39 is 10.0 Å². The molecule has 0 atom stereocenters. The Morgan fingerprint density at radius 1 is 1.37 bits per heavy atom. The Morgan fingerprint density at radius 2 is 2.11 bits per heavy atom. The minimum absolute atomic E-state index is 0.155. The van der Waals surface area contributed by atoms with Crippen molar-refractivity contribution in [3.05, 3.63) is 44.6 Å². The largest absolute Gasteiger partial charge is 0.391 e. The Morgan fingerprint density at radius 3 is 2.68 bits per heavy atom. The third kappa shape index (κ3) is 3.36. The lowest BCUT2D eigenvalue weighted by Gasteiger charge is -2.09. The fourth-order valence-corrected chi connectivity index (χ4v) is 4.27. The van der Waals surface area contributed by atoms with Crippen LogP contribution in [-0.4, -0.2) is 13.5 Å². The number of sulfonamides is 1. The van der Waals surface area contributed by atoms with Crippen molar-refractivity contribution >= 4 is 43.0 Å². The van der Waals surface area contributed by atoms with Crippen molar-refractivity contribution < 1.29 is 13.5 Å². The molecule has 0 spiro atoms. The topological polar surface area (TPSA) is 66.4 Å². The molecule has 7 heteroatoms. The fourth-order valence-electron chi connectivity index (χ4n) is 1.53. The zero-order valence-electron chi connectivity index (χ0n) is 10.1. The Kier molecular flexibility index (Phi) is 4.29. The number of nitrogens with one attached hydrogen (secondary N) is 1. The number of aliphatic hydroxyl groups is 1. The maximum atomic E-state index is 12.2. The van der Waals surface area contributed by atoms with Gasteiger partial charge in [-0.15, -0.1) is 11.3 Å². The van der Waals surface area contributed by atoms with Crippen molar-refractivity contribution in [2.24, 2.45) is 0 Å². The van der Waals surface area contributed by atoms with E-state index in [-0.39, 0.29) is 11.5 Å². The van der Waals surface area contributed by atoms with Crippen LogP contribution in [0.15, 0.2) is 39.0 Å². The molecule has 0 aliphatic rings. The molecule has 19 heavy (non-hydrogen) atoms. The molecule has 0 unspecified atom stereocenters. The number of thiophene rings is 1. The summed E-state index contributed by atoms with van der Waals surface area (Å²) in [6, 6.07) is 6.79. The maximum absolute atomic E-state index is 12.2. The summed E-state index contributed by atoms with van der Waals surface area (Å²) in [5.74, 6) is 0. The van der Waals surface area contributed by atoms with E-state index in [2.05, 4.69) is 20.7 Å². The van der Waals surface area contributed by atoms with Crippen LogP contribution in [0.3, 0.4) is 0 Å². The Labute approximate surface area is 124 Å². The van der Waals surface area contributed by atoms with Crippen LogP contribution in [0.4, 0.5) is 5.69 Å². The van der Waals surface area contributed by atoms with Crippen molar-refractivity contribution in [1.29, 1.82) is 0 Å². The smallest absolute Gasteiger partial charge is 0.262 e. The minimum Gasteiger partial charge on any atom is -0.391 e. The number of hydrogen-bond donors (Lipinski definition) is 2. The predicted octanol–water partition coefficient (Wildman–Crippen LogP) is 3.11. The van der Waals surface area contributed by atoms with Crippen molar-refractivity contribution in [1.82, 2.24) is 0 Å². The van der Waals surface area contributed by atoms with E-state index >= 15 is 0 Å². The van der Waals surface area contributed by atoms with E-state index in [4.69, 9.17) is 5.11 Å². The zero-order chi connectivity index (χ0) is 14.0. The van der Waals surface area contributed by atoms with E-state index in [1.54, 1.807) is 12.1 Å². The lowest BCUT2D eigenvalue weighted by Crippen LogP contribution is -2.12. The first-order chi connectivity index (χ1) is 8.92. The van der Waals surface area contributed by atoms with E-state index in [0.717, 1.165) is 10.0 Å². The molecule has 0 amide bonds. The second kappa shape index (κ2) is 5.62. The number of aliphatic hydroxyl groups excluding tert-OH is 1. The summed E-state index contributed by atoms with van der Waals surface area (Å²) in [5, 5.41) is 10.5. The Bertz CT molecular complexity index is 695. The molecule has 1 aromatic heterocycles. The number of halogens is 1. The summed E-state index contributed by atoms with van der Waals surface area (Å²) in [4.78, 5) is 0.789. The van der Waals surface area contributed by atoms with Crippen molar-refractivity contribution in [3.63, 3.8) is 0 Å². The SMILES string of the molecule is Cc1cc(Br)ccc1NS(=O)(=O)c1csc(CO)c1. The summed E-state index contributed by atoms with van der Waals surface area (Å²) >= 11 is 4.55. The van der Waals surface area contributed by atoms with Gasteiger partial charge >= 0.3 is 0 Å². The van der Waals surface area contributed by atoms with Crippen LogP contribution in [0, 0.1) is 6.92 Å². The van der Waals surface area contributed by atoms with Crippen LogP contribution in [0.1, 0.15) is 10.4 Å². The average molecular weight is 362 g/mol. The summed E-state index contributed by atoms with van der Waals surface area (Å²) in [6.07, 6.45) is 0.